The maximum absolute atomic E-state index is 13.9. The summed E-state index contributed by atoms with van der Waals surface area (Å²) in [5.74, 6) is 0.531. The summed E-state index contributed by atoms with van der Waals surface area (Å²) in [6, 6.07) is 24.7. The summed E-state index contributed by atoms with van der Waals surface area (Å²) >= 11 is 1.45. The first-order valence-electron chi connectivity index (χ1n) is 38.6. The average molecular weight is 1490 g/mol. The third-order valence-corrected chi connectivity index (χ3v) is 24.1. The van der Waals surface area contributed by atoms with Gasteiger partial charge in [-0.2, -0.15) is 5.10 Å². The summed E-state index contributed by atoms with van der Waals surface area (Å²) in [7, 11) is 0. The van der Waals surface area contributed by atoms with Gasteiger partial charge in [0.15, 0.2) is 5.13 Å². The summed E-state index contributed by atoms with van der Waals surface area (Å²) < 4.78 is 10.5. The highest BCUT2D eigenvalue weighted by Gasteiger charge is 2.66. The van der Waals surface area contributed by atoms with Crippen molar-refractivity contribution in [2.75, 3.05) is 68.0 Å². The number of urea groups is 1. The quantitative estimate of drug-likeness (QED) is 0.0134. The zero-order valence-electron chi connectivity index (χ0n) is 63.8. The summed E-state index contributed by atoms with van der Waals surface area (Å²) in [5.41, 5.74) is 15.6. The number of carbonyl (C=O) groups is 5. The van der Waals surface area contributed by atoms with E-state index in [9.17, 15) is 34.2 Å². The molecule has 108 heavy (non-hydrogen) atoms. The van der Waals surface area contributed by atoms with Crippen LogP contribution in [0.15, 0.2) is 153 Å². The van der Waals surface area contributed by atoms with Crippen LogP contribution in [0.2, 0.25) is 0 Å². The van der Waals surface area contributed by atoms with Crippen molar-refractivity contribution in [3.63, 3.8) is 0 Å². The second-order valence-corrected chi connectivity index (χ2v) is 33.5. The first-order chi connectivity index (χ1) is 51.6. The Bertz CT molecular complexity index is 4350. The van der Waals surface area contributed by atoms with Gasteiger partial charge in [0.05, 0.1) is 46.5 Å². The number of allylic oxidation sites excluding steroid dienone is 1. The second-order valence-electron chi connectivity index (χ2n) is 32.5. The van der Waals surface area contributed by atoms with Crippen molar-refractivity contribution in [3.8, 4) is 11.1 Å². The number of unbranched alkanes of at least 4 members (excludes halogenated alkanes) is 2. The first kappa shape index (κ1) is 78.0. The van der Waals surface area contributed by atoms with Crippen molar-refractivity contribution < 1.29 is 38.9 Å². The summed E-state index contributed by atoms with van der Waals surface area (Å²) in [6.07, 6.45) is 19.0. The zero-order chi connectivity index (χ0) is 76.7. The largest absolute Gasteiger partial charge is 0.513 e. The number of nitrogens with two attached hydrogens (primary N) is 1. The molecule has 3 aromatic carbocycles. The van der Waals surface area contributed by atoms with Crippen molar-refractivity contribution in [2.45, 2.75) is 187 Å². The maximum atomic E-state index is 13.9. The normalized spacial score (nSPS) is 21.5. The Hall–Kier alpha value is -9.58. The van der Waals surface area contributed by atoms with Gasteiger partial charge in [-0.3, -0.25) is 34.1 Å². The molecule has 0 radical (unpaired) electrons. The van der Waals surface area contributed by atoms with Crippen molar-refractivity contribution in [1.29, 1.82) is 0 Å². The van der Waals surface area contributed by atoms with Crippen LogP contribution in [0.3, 0.4) is 0 Å². The fourth-order valence-corrected chi connectivity index (χ4v) is 19.9. The van der Waals surface area contributed by atoms with Gasteiger partial charge in [0.1, 0.15) is 17.3 Å². The van der Waals surface area contributed by atoms with Crippen molar-refractivity contribution in [3.05, 3.63) is 187 Å². The zero-order valence-corrected chi connectivity index (χ0v) is 64.6. The number of hydrogen-bond donors (Lipinski definition) is 8. The predicted octanol–water partition coefficient (Wildman–Crippen LogP) is 14.2. The van der Waals surface area contributed by atoms with E-state index in [1.165, 1.54) is 17.4 Å². The number of aromatic nitrogens is 4. The van der Waals surface area contributed by atoms with Crippen LogP contribution in [0, 0.1) is 29.1 Å². The standard InChI is InChI=1S/C85H110N14O8S/c1-55(2)77(93-74(102)23-12-11-15-39-98-56(3)24-32-76(98)104)59(6)90-70(21-17-38-87-80(86)106)58(5)89-64-28-25-62(26-29-64)27-33-75(103)96-42-36-65(37-43-96)95(40-34-57(4)100)44-45-107-85-51-82(9)48-83(10,52-85)50-84(49-82,53-85)54-99-60(7)68(46-88-99)66-30-31-73(92-78(66)61(8)101)97-41-35-63-18-16-19-67(69(63)47-97)79(105)94-81-91-71-20-13-14-22-72(71)108-81/h13-14,16,18-20,22,24-26,28-32,46,55,65,70,77,89-90,100-101H,3-6,8,11-12,15,17,21,23,27,33-45,47-54H2,1-2,7,9-10H3,(H,93,102)(H3,86,87,106)(H,91,94,105)/t70-,77-,82?,83?,84?,85?/m0/s1. The molecule has 2 unspecified atom stereocenters. The topological polar surface area (TPSA) is 278 Å². The molecule has 4 saturated carbocycles. The summed E-state index contributed by atoms with van der Waals surface area (Å²) in [6.45, 7) is 37.7. The maximum Gasteiger partial charge on any atom is 0.312 e. The van der Waals surface area contributed by atoms with Crippen LogP contribution < -0.4 is 37.2 Å². The minimum atomic E-state index is -0.595. The number of aliphatic hydroxyl groups is 2. The number of pyridine rings is 1. The number of aryl methyl sites for hydroxylation is 1. The number of benzene rings is 3. The number of thiazole rings is 1. The van der Waals surface area contributed by atoms with Crippen LogP contribution in [-0.4, -0.2) is 150 Å². The molecule has 23 heteroatoms. The highest BCUT2D eigenvalue weighted by atomic mass is 32.1. The van der Waals surface area contributed by atoms with Crippen LogP contribution in [0.25, 0.3) is 27.1 Å². The summed E-state index contributed by atoms with van der Waals surface area (Å²) in [4.78, 5) is 82.7. The molecule has 4 bridgehead atoms. The number of nitrogens with zero attached hydrogens (tertiary/aromatic N) is 8. The monoisotopic (exact) mass is 1490 g/mol. The van der Waals surface area contributed by atoms with Gasteiger partial charge in [-0.15, -0.1) is 0 Å². The third kappa shape index (κ3) is 18.7. The van der Waals surface area contributed by atoms with Crippen LogP contribution >= 0.6 is 11.3 Å². The number of para-hydroxylation sites is 1. The number of nitrogens with one attached hydrogen (secondary N) is 5. The number of ether oxygens (including phenoxy) is 1. The van der Waals surface area contributed by atoms with Gasteiger partial charge in [-0.05, 0) is 184 Å². The Labute approximate surface area is 640 Å². The Morgan fingerprint density at radius 3 is 2.26 bits per heavy atom. The molecule has 6 aromatic rings. The van der Waals surface area contributed by atoms with E-state index in [2.05, 4.69) is 106 Å². The number of fused-ring (bicyclic) bond motifs is 2. The lowest BCUT2D eigenvalue weighted by Gasteiger charge is -2.69. The fourth-order valence-electron chi connectivity index (χ4n) is 19.1. The lowest BCUT2D eigenvalue weighted by Crippen LogP contribution is -2.64. The molecule has 574 valence electrons. The molecule has 9 N–H and O–H groups in total. The third-order valence-electron chi connectivity index (χ3n) is 23.2. The number of rotatable bonds is 36. The molecule has 4 atom stereocenters. The van der Waals surface area contributed by atoms with E-state index in [-0.39, 0.29) is 81.0 Å². The lowest BCUT2D eigenvalue weighted by molar-refractivity contribution is -0.249. The Balaban J connectivity index is 0.620. The highest BCUT2D eigenvalue weighted by Crippen LogP contribution is 2.72. The second kappa shape index (κ2) is 33.5. The van der Waals surface area contributed by atoms with E-state index in [0.29, 0.717) is 143 Å². The molecule has 4 aliphatic carbocycles. The predicted molar refractivity (Wildman–Crippen MR) is 429 cm³/mol. The molecule has 7 aliphatic rings. The van der Waals surface area contributed by atoms with Crippen molar-refractivity contribution in [2.24, 2.45) is 27.9 Å². The van der Waals surface area contributed by atoms with Gasteiger partial charge in [0, 0.05) is 135 Å². The molecule has 13 rings (SSSR count). The minimum Gasteiger partial charge on any atom is -0.513 e. The molecule has 6 amide bonds. The molecular formula is C85H110N14O8S. The van der Waals surface area contributed by atoms with Gasteiger partial charge >= 0.3 is 6.03 Å². The van der Waals surface area contributed by atoms with Gasteiger partial charge in [0.2, 0.25) is 11.8 Å². The number of hydrogen-bond acceptors (Lipinski definition) is 16. The summed E-state index contributed by atoms with van der Waals surface area (Å²) in [5, 5.41) is 43.2. The van der Waals surface area contributed by atoms with E-state index in [4.69, 9.17) is 20.6 Å². The average Bonchev–Trinajstić information content (AvgIpc) is 0.859. The van der Waals surface area contributed by atoms with Crippen LogP contribution in [0.5, 0.6) is 0 Å². The number of primary amides is 1. The molecule has 6 heterocycles. The van der Waals surface area contributed by atoms with Crippen molar-refractivity contribution in [1.82, 2.24) is 50.4 Å². The van der Waals surface area contributed by atoms with E-state index in [1.54, 1.807) is 11.0 Å². The van der Waals surface area contributed by atoms with Gasteiger partial charge in [0.25, 0.3) is 11.8 Å². The minimum absolute atomic E-state index is 0.0300. The number of anilines is 3. The van der Waals surface area contributed by atoms with Gasteiger partial charge in [-0.25, -0.2) is 14.8 Å². The van der Waals surface area contributed by atoms with E-state index in [1.807, 2.05) is 97.7 Å². The van der Waals surface area contributed by atoms with Crippen LogP contribution in [0.4, 0.5) is 21.4 Å². The van der Waals surface area contributed by atoms with Crippen molar-refractivity contribution >= 4 is 73.6 Å². The number of likely N-dealkylation sites (tertiary alicyclic amines) is 1. The lowest BCUT2D eigenvalue weighted by atomic mass is 9.39. The van der Waals surface area contributed by atoms with E-state index < -0.39 is 6.03 Å². The smallest absolute Gasteiger partial charge is 0.312 e. The number of piperidine rings is 1. The van der Waals surface area contributed by atoms with Crippen LogP contribution in [0.1, 0.15) is 169 Å². The molecular weight excluding hydrogens is 1380 g/mol. The van der Waals surface area contributed by atoms with Crippen LogP contribution in [-0.2, 0) is 45.1 Å². The Morgan fingerprint density at radius 1 is 0.796 bits per heavy atom. The Kier molecular flexibility index (Phi) is 24.2. The SMILES string of the molecule is C=C(O)CCN(CCOC12CC3(C)CC(C)(CC(Cn4ncc(-c5ccc(N6CCc7cccc(C(=O)Nc8nc9ccccc9s8)c7C6)nc5C(=C)O)c4C)(C3)C1)C2)C1CCN(C(=O)CCc2ccc(NC(=C)[C@H](CCCNC(N)=O)NC(=C)[C@@H](NC(=O)CCCCCN3C(=C)C=CC3=O)C(C)C)cc2)CC1. The molecule has 0 spiro atoms. The molecule has 22 nitrogen and oxygen atoms in total. The van der Waals surface area contributed by atoms with E-state index >= 15 is 0 Å². The number of carbonyl (C=O) groups excluding carboxylic acids is 5. The highest BCUT2D eigenvalue weighted by molar-refractivity contribution is 7.22. The molecule has 3 aliphatic heterocycles. The fraction of sp³-hybridized carbons (Fsp3) is 0.482. The first-order valence-corrected chi connectivity index (χ1v) is 39.4. The number of amides is 6. The Morgan fingerprint density at radius 2 is 1.56 bits per heavy atom. The van der Waals surface area contributed by atoms with Gasteiger partial charge < -0.3 is 56.7 Å². The van der Waals surface area contributed by atoms with E-state index in [0.717, 1.165) is 127 Å². The molecule has 1 saturated heterocycles. The molecule has 3 aromatic heterocycles. The molecule has 5 fully saturated rings. The number of aliphatic hydroxyl groups excluding tert-OH is 2. The van der Waals surface area contributed by atoms with Gasteiger partial charge in [-0.1, -0.05) is 115 Å².